The second kappa shape index (κ2) is 6.19. The van der Waals surface area contributed by atoms with Crippen molar-refractivity contribution < 1.29 is 0 Å². The maximum Gasteiger partial charge on any atom is 0.140 e. The van der Waals surface area contributed by atoms with E-state index in [1.54, 1.807) is 12.3 Å². The van der Waals surface area contributed by atoms with E-state index >= 15 is 0 Å². The average molecular weight is 204 g/mol. The third kappa shape index (κ3) is 3.71. The number of hydrogen-bond donors (Lipinski definition) is 0. The second-order valence-corrected chi connectivity index (χ2v) is 3.78. The lowest BCUT2D eigenvalue weighted by molar-refractivity contribution is 0.504. The largest absolute Gasteiger partial charge is 0.245 e. The molecular weight excluding hydrogens is 184 g/mol. The number of hydrogen-bond acceptors (Lipinski definition) is 2. The number of nitrogens with zero attached hydrogens (tertiary/aromatic N) is 2. The Morgan fingerprint density at radius 1 is 1.33 bits per heavy atom. The summed E-state index contributed by atoms with van der Waals surface area (Å²) < 4.78 is 0. The van der Waals surface area contributed by atoms with Crippen molar-refractivity contribution in [1.29, 1.82) is 5.26 Å². The summed E-state index contributed by atoms with van der Waals surface area (Å²) in [5.74, 6) is 0. The van der Waals surface area contributed by atoms with E-state index in [2.05, 4.69) is 25.8 Å². The molecule has 2 nitrogen and oxygen atoms in total. The van der Waals surface area contributed by atoms with Gasteiger partial charge in [0.25, 0.3) is 0 Å². The molecule has 0 saturated heterocycles. The SMILES string of the molecule is CC.CCC(C)(C)c1ccc(C#N)nc1. The van der Waals surface area contributed by atoms with Crippen molar-refractivity contribution in [1.82, 2.24) is 4.98 Å². The maximum absolute atomic E-state index is 8.58. The molecule has 0 saturated carbocycles. The second-order valence-electron chi connectivity index (χ2n) is 3.78. The number of nitriles is 1. The fraction of sp³-hybridized carbons (Fsp3) is 0.538. The van der Waals surface area contributed by atoms with Crippen molar-refractivity contribution >= 4 is 0 Å². The van der Waals surface area contributed by atoms with Crippen LogP contribution in [0.4, 0.5) is 0 Å². The molecule has 0 N–H and O–H groups in total. The van der Waals surface area contributed by atoms with Gasteiger partial charge in [-0.05, 0) is 23.5 Å². The molecule has 0 aliphatic rings. The maximum atomic E-state index is 8.58. The molecule has 0 aromatic carbocycles. The first kappa shape index (κ1) is 13.6. The first-order chi connectivity index (χ1) is 7.10. The first-order valence-corrected chi connectivity index (χ1v) is 5.47. The quantitative estimate of drug-likeness (QED) is 0.737. The number of aromatic nitrogens is 1. The van der Waals surface area contributed by atoms with E-state index in [9.17, 15) is 0 Å². The van der Waals surface area contributed by atoms with E-state index in [4.69, 9.17) is 5.26 Å². The molecule has 1 rings (SSSR count). The Bertz CT molecular complexity index is 317. The molecule has 1 heterocycles. The third-order valence-corrected chi connectivity index (χ3v) is 2.54. The normalized spacial score (nSPS) is 9.87. The summed E-state index contributed by atoms with van der Waals surface area (Å²) in [5, 5.41) is 8.58. The summed E-state index contributed by atoms with van der Waals surface area (Å²) in [5.41, 5.74) is 1.82. The Balaban J connectivity index is 0.000000921. The highest BCUT2D eigenvalue weighted by molar-refractivity contribution is 5.27. The Kier molecular flexibility index (Phi) is 5.62. The highest BCUT2D eigenvalue weighted by Crippen LogP contribution is 2.25. The lowest BCUT2D eigenvalue weighted by Crippen LogP contribution is -2.15. The van der Waals surface area contributed by atoms with Crippen LogP contribution >= 0.6 is 0 Å². The molecule has 0 atom stereocenters. The van der Waals surface area contributed by atoms with Crippen LogP contribution in [0.2, 0.25) is 0 Å². The number of rotatable bonds is 2. The molecule has 0 aliphatic heterocycles. The van der Waals surface area contributed by atoms with Crippen molar-refractivity contribution in [3.05, 3.63) is 29.6 Å². The van der Waals surface area contributed by atoms with Gasteiger partial charge >= 0.3 is 0 Å². The van der Waals surface area contributed by atoms with Crippen LogP contribution in [0, 0.1) is 11.3 Å². The predicted octanol–water partition coefficient (Wildman–Crippen LogP) is 3.67. The van der Waals surface area contributed by atoms with Gasteiger partial charge in [0.05, 0.1) is 0 Å². The molecule has 2 heteroatoms. The van der Waals surface area contributed by atoms with E-state index in [-0.39, 0.29) is 5.41 Å². The van der Waals surface area contributed by atoms with E-state index in [1.807, 2.05) is 26.0 Å². The van der Waals surface area contributed by atoms with Crippen LogP contribution in [0.3, 0.4) is 0 Å². The summed E-state index contributed by atoms with van der Waals surface area (Å²) in [4.78, 5) is 4.05. The van der Waals surface area contributed by atoms with Gasteiger partial charge in [-0.15, -0.1) is 0 Å². The topological polar surface area (TPSA) is 36.7 Å². The summed E-state index contributed by atoms with van der Waals surface area (Å²) >= 11 is 0. The lowest BCUT2D eigenvalue weighted by Gasteiger charge is -2.22. The lowest BCUT2D eigenvalue weighted by atomic mass is 9.83. The first-order valence-electron chi connectivity index (χ1n) is 5.47. The molecule has 0 fully saturated rings. The van der Waals surface area contributed by atoms with Gasteiger partial charge in [-0.25, -0.2) is 4.98 Å². The minimum Gasteiger partial charge on any atom is -0.245 e. The van der Waals surface area contributed by atoms with Crippen LogP contribution < -0.4 is 0 Å². The van der Waals surface area contributed by atoms with Crippen molar-refractivity contribution in [3.63, 3.8) is 0 Å². The van der Waals surface area contributed by atoms with E-state index in [0.717, 1.165) is 6.42 Å². The highest BCUT2D eigenvalue weighted by atomic mass is 14.7. The molecule has 0 unspecified atom stereocenters. The summed E-state index contributed by atoms with van der Waals surface area (Å²) in [7, 11) is 0. The molecule has 1 aromatic rings. The van der Waals surface area contributed by atoms with Crippen LogP contribution in [-0.2, 0) is 5.41 Å². The van der Waals surface area contributed by atoms with Crippen LogP contribution in [0.25, 0.3) is 0 Å². The van der Waals surface area contributed by atoms with Crippen molar-refractivity contribution in [2.24, 2.45) is 0 Å². The van der Waals surface area contributed by atoms with Gasteiger partial charge in [-0.2, -0.15) is 5.26 Å². The van der Waals surface area contributed by atoms with Gasteiger partial charge in [0.15, 0.2) is 0 Å². The van der Waals surface area contributed by atoms with Crippen molar-refractivity contribution in [3.8, 4) is 6.07 Å². The van der Waals surface area contributed by atoms with Crippen LogP contribution in [-0.4, -0.2) is 4.98 Å². The fourth-order valence-electron chi connectivity index (χ4n) is 1.06. The molecule has 0 bridgehead atoms. The van der Waals surface area contributed by atoms with Gasteiger partial charge < -0.3 is 0 Å². The minimum absolute atomic E-state index is 0.154. The Labute approximate surface area is 93.0 Å². The highest BCUT2D eigenvalue weighted by Gasteiger charge is 2.17. The monoisotopic (exact) mass is 204 g/mol. The van der Waals surface area contributed by atoms with E-state index in [0.29, 0.717) is 5.69 Å². The van der Waals surface area contributed by atoms with Gasteiger partial charge in [0.2, 0.25) is 0 Å². The van der Waals surface area contributed by atoms with Gasteiger partial charge in [0.1, 0.15) is 11.8 Å². The fourth-order valence-corrected chi connectivity index (χ4v) is 1.06. The molecule has 0 spiro atoms. The van der Waals surface area contributed by atoms with Crippen LogP contribution in [0.1, 0.15) is 52.3 Å². The smallest absolute Gasteiger partial charge is 0.140 e. The molecule has 15 heavy (non-hydrogen) atoms. The number of pyridine rings is 1. The molecule has 0 radical (unpaired) electrons. The van der Waals surface area contributed by atoms with Gasteiger partial charge in [-0.1, -0.05) is 40.7 Å². The zero-order valence-electron chi connectivity index (χ0n) is 10.3. The van der Waals surface area contributed by atoms with Crippen molar-refractivity contribution in [2.75, 3.05) is 0 Å². The molecule has 0 aliphatic carbocycles. The average Bonchev–Trinajstić information content (AvgIpc) is 2.32. The predicted molar refractivity (Wildman–Crippen MR) is 63.6 cm³/mol. The van der Waals surface area contributed by atoms with Gasteiger partial charge in [0, 0.05) is 6.20 Å². The van der Waals surface area contributed by atoms with E-state index in [1.165, 1.54) is 5.56 Å². The molecular formula is C13H20N2. The Morgan fingerprint density at radius 2 is 1.93 bits per heavy atom. The standard InChI is InChI=1S/C11H14N2.C2H6/c1-4-11(2,3)9-5-6-10(7-12)13-8-9;1-2/h5-6,8H,4H2,1-3H3;1-2H3. The summed E-state index contributed by atoms with van der Waals surface area (Å²) in [6.45, 7) is 10.5. The summed E-state index contributed by atoms with van der Waals surface area (Å²) in [6, 6.07) is 5.76. The minimum atomic E-state index is 0.154. The molecule has 0 amide bonds. The third-order valence-electron chi connectivity index (χ3n) is 2.54. The van der Waals surface area contributed by atoms with Crippen LogP contribution in [0.15, 0.2) is 18.3 Å². The molecule has 82 valence electrons. The van der Waals surface area contributed by atoms with Crippen LogP contribution in [0.5, 0.6) is 0 Å². The molecule has 1 aromatic heterocycles. The van der Waals surface area contributed by atoms with E-state index < -0.39 is 0 Å². The Morgan fingerprint density at radius 3 is 2.27 bits per heavy atom. The summed E-state index contributed by atoms with van der Waals surface area (Å²) in [6.07, 6.45) is 2.86. The zero-order chi connectivity index (χ0) is 11.9. The van der Waals surface area contributed by atoms with Crippen molar-refractivity contribution in [2.45, 2.75) is 46.5 Å². The Hall–Kier alpha value is -1.36. The van der Waals surface area contributed by atoms with Gasteiger partial charge in [-0.3, -0.25) is 0 Å². The zero-order valence-corrected chi connectivity index (χ0v) is 10.3.